The summed E-state index contributed by atoms with van der Waals surface area (Å²) < 4.78 is 26.3. The van der Waals surface area contributed by atoms with Crippen LogP contribution in [0, 0.1) is 6.92 Å². The molecule has 118 valence electrons. The number of rotatable bonds is 3. The SMILES string of the molecule is Cc1ccc(C2(CC(F)F)CCN(C(C)(C)C)CC2)cc1. The maximum absolute atomic E-state index is 13.1. The lowest BCUT2D eigenvalue weighted by molar-refractivity contribution is 0.0372. The zero-order chi connectivity index (χ0) is 15.7. The third-order valence-electron chi connectivity index (χ3n) is 4.88. The van der Waals surface area contributed by atoms with Crippen molar-refractivity contribution in [2.75, 3.05) is 13.1 Å². The van der Waals surface area contributed by atoms with Gasteiger partial charge in [0.25, 0.3) is 0 Å². The topological polar surface area (TPSA) is 3.24 Å². The molecule has 1 aromatic carbocycles. The van der Waals surface area contributed by atoms with Crippen molar-refractivity contribution in [3.8, 4) is 0 Å². The van der Waals surface area contributed by atoms with Crippen LogP contribution in [-0.2, 0) is 5.41 Å². The summed E-state index contributed by atoms with van der Waals surface area (Å²) >= 11 is 0. The Kier molecular flexibility index (Phi) is 4.72. The predicted octanol–water partition coefficient (Wildman–Crippen LogP) is 4.78. The standard InChI is InChI=1S/C18H27F2N/c1-14-5-7-15(8-6-14)18(13-16(19)20)9-11-21(12-10-18)17(2,3)4/h5-8,16H,9-13H2,1-4H3. The summed E-state index contributed by atoms with van der Waals surface area (Å²) in [6.07, 6.45) is -0.629. The molecule has 1 saturated heterocycles. The van der Waals surface area contributed by atoms with E-state index in [4.69, 9.17) is 0 Å². The Morgan fingerprint density at radius 1 is 1.10 bits per heavy atom. The first kappa shape index (κ1) is 16.4. The van der Waals surface area contributed by atoms with E-state index in [1.54, 1.807) is 0 Å². The molecule has 1 aliphatic heterocycles. The number of hydrogen-bond acceptors (Lipinski definition) is 1. The van der Waals surface area contributed by atoms with Crippen molar-refractivity contribution >= 4 is 0 Å². The van der Waals surface area contributed by atoms with Crippen LogP contribution in [0.3, 0.4) is 0 Å². The molecule has 0 aromatic heterocycles. The summed E-state index contributed by atoms with van der Waals surface area (Å²) in [4.78, 5) is 2.41. The fraction of sp³-hybridized carbons (Fsp3) is 0.667. The summed E-state index contributed by atoms with van der Waals surface area (Å²) in [7, 11) is 0. The van der Waals surface area contributed by atoms with Crippen LogP contribution in [0.15, 0.2) is 24.3 Å². The first-order chi connectivity index (χ1) is 9.73. The highest BCUT2D eigenvalue weighted by Crippen LogP contribution is 2.41. The minimum Gasteiger partial charge on any atom is -0.298 e. The second-order valence-electron chi connectivity index (χ2n) is 7.40. The Morgan fingerprint density at radius 2 is 1.62 bits per heavy atom. The van der Waals surface area contributed by atoms with E-state index in [9.17, 15) is 8.78 Å². The Morgan fingerprint density at radius 3 is 2.05 bits per heavy atom. The first-order valence-corrected chi connectivity index (χ1v) is 7.83. The Hall–Kier alpha value is -0.960. The summed E-state index contributed by atoms with van der Waals surface area (Å²) in [5.74, 6) is 0. The van der Waals surface area contributed by atoms with Gasteiger partial charge in [0.05, 0.1) is 0 Å². The molecular weight excluding hydrogens is 268 g/mol. The van der Waals surface area contributed by atoms with Crippen molar-refractivity contribution in [3.63, 3.8) is 0 Å². The van der Waals surface area contributed by atoms with Crippen LogP contribution >= 0.6 is 0 Å². The smallest absolute Gasteiger partial charge is 0.239 e. The second kappa shape index (κ2) is 6.04. The molecule has 3 heteroatoms. The molecule has 1 aliphatic rings. The number of piperidine rings is 1. The van der Waals surface area contributed by atoms with Crippen LogP contribution in [-0.4, -0.2) is 30.0 Å². The van der Waals surface area contributed by atoms with Crippen LogP contribution in [0.2, 0.25) is 0 Å². The minimum atomic E-state index is -2.24. The molecule has 0 amide bonds. The monoisotopic (exact) mass is 295 g/mol. The molecule has 1 fully saturated rings. The van der Waals surface area contributed by atoms with Gasteiger partial charge in [-0.15, -0.1) is 0 Å². The maximum atomic E-state index is 13.1. The number of likely N-dealkylation sites (tertiary alicyclic amines) is 1. The van der Waals surface area contributed by atoms with E-state index < -0.39 is 6.43 Å². The van der Waals surface area contributed by atoms with Gasteiger partial charge in [0, 0.05) is 17.4 Å². The summed E-state index contributed by atoms with van der Waals surface area (Å²) in [5, 5.41) is 0. The molecule has 1 heterocycles. The average molecular weight is 295 g/mol. The summed E-state index contributed by atoms with van der Waals surface area (Å²) in [6.45, 7) is 10.4. The molecule has 0 saturated carbocycles. The maximum Gasteiger partial charge on any atom is 0.239 e. The van der Waals surface area contributed by atoms with Gasteiger partial charge in [-0.05, 0) is 59.2 Å². The van der Waals surface area contributed by atoms with Crippen molar-refractivity contribution in [1.82, 2.24) is 4.90 Å². The van der Waals surface area contributed by atoms with Gasteiger partial charge >= 0.3 is 0 Å². The quantitative estimate of drug-likeness (QED) is 0.775. The molecule has 0 radical (unpaired) electrons. The van der Waals surface area contributed by atoms with Crippen LogP contribution in [0.1, 0.15) is 51.2 Å². The van der Waals surface area contributed by atoms with Crippen LogP contribution < -0.4 is 0 Å². The highest BCUT2D eigenvalue weighted by Gasteiger charge is 2.40. The van der Waals surface area contributed by atoms with Gasteiger partial charge < -0.3 is 0 Å². The number of aryl methyl sites for hydroxylation is 1. The minimum absolute atomic E-state index is 0.0198. The first-order valence-electron chi connectivity index (χ1n) is 7.83. The van der Waals surface area contributed by atoms with Gasteiger partial charge in [0.2, 0.25) is 6.43 Å². The van der Waals surface area contributed by atoms with E-state index in [2.05, 4.69) is 25.7 Å². The lowest BCUT2D eigenvalue weighted by Gasteiger charge is -2.47. The fourth-order valence-electron chi connectivity index (χ4n) is 3.42. The van der Waals surface area contributed by atoms with Gasteiger partial charge in [-0.2, -0.15) is 0 Å². The highest BCUT2D eigenvalue weighted by molar-refractivity contribution is 5.29. The largest absolute Gasteiger partial charge is 0.298 e. The zero-order valence-electron chi connectivity index (χ0n) is 13.6. The normalized spacial score (nSPS) is 20.0. The fourth-order valence-corrected chi connectivity index (χ4v) is 3.42. The number of alkyl halides is 2. The van der Waals surface area contributed by atoms with Gasteiger partial charge in [-0.25, -0.2) is 8.78 Å². The molecule has 1 aromatic rings. The van der Waals surface area contributed by atoms with E-state index >= 15 is 0 Å². The average Bonchev–Trinajstić information content (AvgIpc) is 2.38. The van der Waals surface area contributed by atoms with Gasteiger partial charge in [-0.1, -0.05) is 29.8 Å². The van der Waals surface area contributed by atoms with Gasteiger partial charge in [0.1, 0.15) is 0 Å². The molecule has 1 nitrogen and oxygen atoms in total. The van der Waals surface area contributed by atoms with Crippen LogP contribution in [0.5, 0.6) is 0 Å². The Bertz CT molecular complexity index is 451. The predicted molar refractivity (Wildman–Crippen MR) is 84.0 cm³/mol. The molecule has 0 bridgehead atoms. The third-order valence-corrected chi connectivity index (χ3v) is 4.88. The van der Waals surface area contributed by atoms with E-state index in [1.165, 1.54) is 5.56 Å². The number of nitrogens with zero attached hydrogens (tertiary/aromatic N) is 1. The molecule has 0 atom stereocenters. The molecule has 2 rings (SSSR count). The summed E-state index contributed by atoms with van der Waals surface area (Å²) in [6, 6.07) is 8.17. The molecule has 21 heavy (non-hydrogen) atoms. The van der Waals surface area contributed by atoms with Gasteiger partial charge in [0.15, 0.2) is 0 Å². The number of halogens is 2. The van der Waals surface area contributed by atoms with Crippen LogP contribution in [0.25, 0.3) is 0 Å². The van der Waals surface area contributed by atoms with E-state index in [-0.39, 0.29) is 17.4 Å². The Balaban J connectivity index is 2.22. The number of benzene rings is 1. The molecule has 0 aliphatic carbocycles. The van der Waals surface area contributed by atoms with Crippen molar-refractivity contribution < 1.29 is 8.78 Å². The van der Waals surface area contributed by atoms with E-state index in [0.29, 0.717) is 0 Å². The molecule has 0 N–H and O–H groups in total. The van der Waals surface area contributed by atoms with Gasteiger partial charge in [-0.3, -0.25) is 4.90 Å². The van der Waals surface area contributed by atoms with E-state index in [1.807, 2.05) is 31.2 Å². The highest BCUT2D eigenvalue weighted by atomic mass is 19.3. The van der Waals surface area contributed by atoms with Crippen molar-refractivity contribution in [2.24, 2.45) is 0 Å². The zero-order valence-corrected chi connectivity index (χ0v) is 13.6. The lowest BCUT2D eigenvalue weighted by Crippen LogP contribution is -2.50. The van der Waals surface area contributed by atoms with Crippen molar-refractivity contribution in [1.29, 1.82) is 0 Å². The lowest BCUT2D eigenvalue weighted by atomic mass is 9.70. The van der Waals surface area contributed by atoms with E-state index in [0.717, 1.165) is 31.5 Å². The van der Waals surface area contributed by atoms with Crippen molar-refractivity contribution in [2.45, 2.75) is 64.3 Å². The Labute approximate surface area is 127 Å². The molecule has 0 unspecified atom stereocenters. The summed E-state index contributed by atoms with van der Waals surface area (Å²) in [5.41, 5.74) is 2.02. The third kappa shape index (κ3) is 3.82. The van der Waals surface area contributed by atoms with Crippen molar-refractivity contribution in [3.05, 3.63) is 35.4 Å². The number of hydrogen-bond donors (Lipinski definition) is 0. The molecule has 0 spiro atoms. The second-order valence-corrected chi connectivity index (χ2v) is 7.40. The van der Waals surface area contributed by atoms with Crippen LogP contribution in [0.4, 0.5) is 8.78 Å². The molecular formula is C18H27F2N.